The monoisotopic (exact) mass is 369 g/mol. The summed E-state index contributed by atoms with van der Waals surface area (Å²) in [5.74, 6) is -0.568. The Morgan fingerprint density at radius 1 is 0.963 bits per heavy atom. The number of amides is 2. The third kappa shape index (κ3) is 3.36. The number of aryl methyl sites for hydroxylation is 1. The Morgan fingerprint density at radius 2 is 1.59 bits per heavy atom. The van der Waals surface area contributed by atoms with Crippen LogP contribution in [0.4, 0.5) is 4.39 Å². The maximum absolute atomic E-state index is 13.4. The second kappa shape index (κ2) is 6.83. The molecule has 4 rings (SSSR count). The van der Waals surface area contributed by atoms with Crippen molar-refractivity contribution in [2.45, 2.75) is 32.7 Å². The number of hydrogen-bond donors (Lipinski definition) is 0. The first-order valence-electron chi connectivity index (χ1n) is 9.48. The van der Waals surface area contributed by atoms with Crippen molar-refractivity contribution >= 4 is 11.8 Å². The number of aromatic nitrogens is 1. The summed E-state index contributed by atoms with van der Waals surface area (Å²) in [7, 11) is 0. The van der Waals surface area contributed by atoms with Gasteiger partial charge < -0.3 is 14.4 Å². The summed E-state index contributed by atoms with van der Waals surface area (Å²) in [5, 5.41) is 0. The number of benzene rings is 1. The molecule has 0 N–H and O–H groups in total. The molecule has 0 unspecified atom stereocenters. The number of halogens is 1. The average Bonchev–Trinajstić information content (AvgIpc) is 3.45. The second-order valence-electron chi connectivity index (χ2n) is 7.48. The Morgan fingerprint density at radius 3 is 2.19 bits per heavy atom. The first-order valence-corrected chi connectivity index (χ1v) is 9.48. The molecule has 1 aliphatic carbocycles. The molecule has 1 aromatic carbocycles. The van der Waals surface area contributed by atoms with Gasteiger partial charge in [0.05, 0.1) is 5.56 Å². The highest BCUT2D eigenvalue weighted by Crippen LogP contribution is 2.38. The number of hydrogen-bond acceptors (Lipinski definition) is 2. The van der Waals surface area contributed by atoms with Gasteiger partial charge >= 0.3 is 0 Å². The fraction of sp³-hybridized carbons (Fsp3) is 0.429. The number of carbonyl (C=O) groups excluding carboxylic acids is 2. The van der Waals surface area contributed by atoms with Crippen molar-refractivity contribution in [3.05, 3.63) is 58.7 Å². The molecule has 0 radical (unpaired) electrons. The van der Waals surface area contributed by atoms with Gasteiger partial charge in [0, 0.05) is 49.2 Å². The van der Waals surface area contributed by atoms with Gasteiger partial charge in [0.25, 0.3) is 11.8 Å². The predicted octanol–water partition coefficient (Wildman–Crippen LogP) is 3.18. The van der Waals surface area contributed by atoms with Crippen molar-refractivity contribution in [3.8, 4) is 0 Å². The zero-order valence-electron chi connectivity index (χ0n) is 15.7. The van der Waals surface area contributed by atoms with Crippen LogP contribution in [0.1, 0.15) is 51.0 Å². The lowest BCUT2D eigenvalue weighted by Crippen LogP contribution is -2.50. The van der Waals surface area contributed by atoms with E-state index in [1.165, 1.54) is 31.0 Å². The highest BCUT2D eigenvalue weighted by molar-refractivity contribution is 5.97. The van der Waals surface area contributed by atoms with Crippen LogP contribution in [0.2, 0.25) is 0 Å². The van der Waals surface area contributed by atoms with E-state index >= 15 is 0 Å². The molecule has 0 bridgehead atoms. The van der Waals surface area contributed by atoms with E-state index in [1.54, 1.807) is 11.0 Å². The van der Waals surface area contributed by atoms with E-state index in [1.807, 2.05) is 17.9 Å². The molecular weight excluding hydrogens is 345 g/mol. The molecule has 2 heterocycles. The minimum absolute atomic E-state index is 0.0351. The van der Waals surface area contributed by atoms with Gasteiger partial charge in [-0.3, -0.25) is 9.59 Å². The summed E-state index contributed by atoms with van der Waals surface area (Å²) in [6.07, 6.45) is 2.37. The van der Waals surface area contributed by atoms with E-state index in [0.29, 0.717) is 37.8 Å². The van der Waals surface area contributed by atoms with E-state index in [-0.39, 0.29) is 11.8 Å². The molecule has 1 saturated carbocycles. The van der Waals surface area contributed by atoms with Gasteiger partial charge in [-0.05, 0) is 51.0 Å². The average molecular weight is 369 g/mol. The van der Waals surface area contributed by atoms with Crippen LogP contribution in [0.25, 0.3) is 0 Å². The maximum atomic E-state index is 13.4. The smallest absolute Gasteiger partial charge is 0.255 e. The molecule has 2 fully saturated rings. The van der Waals surface area contributed by atoms with Gasteiger partial charge in [0.1, 0.15) is 5.82 Å². The summed E-state index contributed by atoms with van der Waals surface area (Å²) >= 11 is 0. The van der Waals surface area contributed by atoms with Crippen LogP contribution in [0.5, 0.6) is 0 Å². The molecule has 2 aliphatic rings. The van der Waals surface area contributed by atoms with Gasteiger partial charge in [-0.25, -0.2) is 4.39 Å². The van der Waals surface area contributed by atoms with Crippen LogP contribution in [0.15, 0.2) is 30.3 Å². The third-order valence-corrected chi connectivity index (χ3v) is 5.55. The van der Waals surface area contributed by atoms with Crippen molar-refractivity contribution in [1.29, 1.82) is 0 Å². The summed E-state index contributed by atoms with van der Waals surface area (Å²) < 4.78 is 15.6. The second-order valence-corrected chi connectivity index (χ2v) is 7.48. The van der Waals surface area contributed by atoms with Gasteiger partial charge in [-0.15, -0.1) is 0 Å². The van der Waals surface area contributed by atoms with Gasteiger partial charge in [0.2, 0.25) is 0 Å². The topological polar surface area (TPSA) is 45.6 Å². The fourth-order valence-corrected chi connectivity index (χ4v) is 3.98. The van der Waals surface area contributed by atoms with Gasteiger partial charge in [-0.1, -0.05) is 6.07 Å². The largest absolute Gasteiger partial charge is 0.345 e. The van der Waals surface area contributed by atoms with Crippen LogP contribution in [-0.2, 0) is 0 Å². The van der Waals surface area contributed by atoms with Gasteiger partial charge in [-0.2, -0.15) is 0 Å². The Bertz CT molecular complexity index is 893. The summed E-state index contributed by atoms with van der Waals surface area (Å²) in [6, 6.07) is 8.28. The Kier molecular flexibility index (Phi) is 4.50. The van der Waals surface area contributed by atoms with E-state index in [2.05, 4.69) is 11.5 Å². The van der Waals surface area contributed by atoms with Crippen LogP contribution in [-0.4, -0.2) is 52.4 Å². The molecule has 27 heavy (non-hydrogen) atoms. The zero-order chi connectivity index (χ0) is 19.1. The molecule has 1 aliphatic heterocycles. The Balaban J connectivity index is 1.43. The van der Waals surface area contributed by atoms with Crippen molar-refractivity contribution in [2.24, 2.45) is 0 Å². The standard InChI is InChI=1S/C21H24FN3O2/c1-14-12-19(15(2)25(14)18-6-7-18)21(27)24-10-8-23(9-11-24)20(26)16-4-3-5-17(22)13-16/h3-5,12-13,18H,6-11H2,1-2H3. The molecule has 6 heteroatoms. The lowest BCUT2D eigenvalue weighted by Gasteiger charge is -2.35. The van der Waals surface area contributed by atoms with E-state index < -0.39 is 5.82 Å². The molecule has 0 spiro atoms. The molecule has 0 atom stereocenters. The number of piperazine rings is 1. The summed E-state index contributed by atoms with van der Waals surface area (Å²) in [4.78, 5) is 29.0. The summed E-state index contributed by atoms with van der Waals surface area (Å²) in [5.41, 5.74) is 3.29. The number of carbonyl (C=O) groups is 2. The molecular formula is C21H24FN3O2. The zero-order valence-corrected chi connectivity index (χ0v) is 15.7. The van der Waals surface area contributed by atoms with Crippen molar-refractivity contribution < 1.29 is 14.0 Å². The SMILES string of the molecule is Cc1cc(C(=O)N2CCN(C(=O)c3cccc(F)c3)CC2)c(C)n1C1CC1. The van der Waals surface area contributed by atoms with E-state index in [9.17, 15) is 14.0 Å². The normalized spacial score (nSPS) is 17.3. The Labute approximate surface area is 158 Å². The van der Waals surface area contributed by atoms with Gasteiger partial charge in [0.15, 0.2) is 0 Å². The van der Waals surface area contributed by atoms with Crippen LogP contribution in [0, 0.1) is 19.7 Å². The van der Waals surface area contributed by atoms with Crippen molar-refractivity contribution in [3.63, 3.8) is 0 Å². The molecule has 2 amide bonds. The third-order valence-electron chi connectivity index (χ3n) is 5.55. The Hall–Kier alpha value is -2.63. The van der Waals surface area contributed by atoms with Crippen LogP contribution < -0.4 is 0 Å². The van der Waals surface area contributed by atoms with Crippen LogP contribution in [0.3, 0.4) is 0 Å². The lowest BCUT2D eigenvalue weighted by atomic mass is 10.1. The lowest BCUT2D eigenvalue weighted by molar-refractivity contribution is 0.0534. The fourth-order valence-electron chi connectivity index (χ4n) is 3.98. The molecule has 142 valence electrons. The minimum atomic E-state index is -0.416. The molecule has 2 aromatic rings. The first-order chi connectivity index (χ1) is 13.0. The summed E-state index contributed by atoms with van der Waals surface area (Å²) in [6.45, 7) is 5.98. The van der Waals surface area contributed by atoms with E-state index in [0.717, 1.165) is 17.0 Å². The minimum Gasteiger partial charge on any atom is -0.345 e. The van der Waals surface area contributed by atoms with E-state index in [4.69, 9.17) is 0 Å². The predicted molar refractivity (Wildman–Crippen MR) is 100 cm³/mol. The molecule has 1 aromatic heterocycles. The highest BCUT2D eigenvalue weighted by Gasteiger charge is 2.31. The number of nitrogens with zero attached hydrogens (tertiary/aromatic N) is 3. The highest BCUT2D eigenvalue weighted by atomic mass is 19.1. The van der Waals surface area contributed by atoms with Crippen molar-refractivity contribution in [2.75, 3.05) is 26.2 Å². The molecule has 5 nitrogen and oxygen atoms in total. The van der Waals surface area contributed by atoms with Crippen LogP contribution >= 0.6 is 0 Å². The molecule has 1 saturated heterocycles. The first kappa shape index (κ1) is 17.8. The quantitative estimate of drug-likeness (QED) is 0.834. The van der Waals surface area contributed by atoms with Crippen molar-refractivity contribution in [1.82, 2.24) is 14.4 Å². The number of rotatable bonds is 3. The maximum Gasteiger partial charge on any atom is 0.255 e.